The predicted octanol–water partition coefficient (Wildman–Crippen LogP) is 3.92. The zero-order valence-electron chi connectivity index (χ0n) is 14.6. The fourth-order valence-electron chi connectivity index (χ4n) is 2.73. The van der Waals surface area contributed by atoms with Gasteiger partial charge < -0.3 is 4.74 Å². The molecule has 0 radical (unpaired) electrons. The quantitative estimate of drug-likeness (QED) is 0.730. The Morgan fingerprint density at radius 3 is 2.38 bits per heavy atom. The summed E-state index contributed by atoms with van der Waals surface area (Å²) in [5.74, 6) is 3.08. The van der Waals surface area contributed by atoms with E-state index in [4.69, 9.17) is 19.5 Å². The van der Waals surface area contributed by atoms with Crippen LogP contribution in [0.3, 0.4) is 0 Å². The van der Waals surface area contributed by atoms with Gasteiger partial charge >= 0.3 is 11.4 Å². The van der Waals surface area contributed by atoms with Gasteiger partial charge in [0, 0.05) is 0 Å². The Bertz CT molecular complexity index is 583. The highest BCUT2D eigenvalue weighted by Crippen LogP contribution is 2.29. The van der Waals surface area contributed by atoms with Crippen molar-refractivity contribution in [2.75, 3.05) is 6.61 Å². The topological polar surface area (TPSA) is 44.8 Å². The van der Waals surface area contributed by atoms with Crippen molar-refractivity contribution < 1.29 is 17.3 Å². The maximum Gasteiger partial charge on any atom is 0.305 e. The van der Waals surface area contributed by atoms with Crippen LogP contribution in [0.5, 0.6) is 5.75 Å². The molecule has 0 unspecified atom stereocenters. The van der Waals surface area contributed by atoms with Crippen molar-refractivity contribution in [3.63, 3.8) is 0 Å². The van der Waals surface area contributed by atoms with E-state index in [1.807, 2.05) is 12.1 Å². The number of hydrogen-bond acceptors (Lipinski definition) is 4. The molecule has 1 fully saturated rings. The summed E-state index contributed by atoms with van der Waals surface area (Å²) in [5, 5.41) is 0. The molecule has 132 valence electrons. The van der Waals surface area contributed by atoms with Crippen molar-refractivity contribution in [3.05, 3.63) is 29.8 Å². The molecular formula is C19H26O4S. The van der Waals surface area contributed by atoms with Gasteiger partial charge in [-0.05, 0) is 42.4 Å². The number of ether oxygens (including phenoxy) is 1. The van der Waals surface area contributed by atoms with Crippen molar-refractivity contribution in [2.24, 2.45) is 0 Å². The average Bonchev–Trinajstić information content (AvgIpc) is 2.54. The van der Waals surface area contributed by atoms with Crippen LogP contribution in [-0.2, 0) is 25.1 Å². The summed E-state index contributed by atoms with van der Waals surface area (Å²) in [7, 11) is 0. The van der Waals surface area contributed by atoms with E-state index in [9.17, 15) is 4.21 Å². The van der Waals surface area contributed by atoms with E-state index < -0.39 is 11.4 Å². The highest BCUT2D eigenvalue weighted by Gasteiger charge is 2.30. The van der Waals surface area contributed by atoms with E-state index in [0.717, 1.165) is 31.4 Å². The van der Waals surface area contributed by atoms with Gasteiger partial charge in [-0.1, -0.05) is 45.2 Å². The van der Waals surface area contributed by atoms with Crippen molar-refractivity contribution >= 4 is 11.4 Å². The van der Waals surface area contributed by atoms with Crippen LogP contribution in [-0.4, -0.2) is 23.0 Å². The van der Waals surface area contributed by atoms with Gasteiger partial charge in [-0.2, -0.15) is 4.21 Å². The van der Waals surface area contributed by atoms with Crippen molar-refractivity contribution in [1.29, 1.82) is 0 Å². The molecule has 0 aliphatic heterocycles. The SMILES string of the molecule is C#CCO[S@](=O)O[C@H]1CCCC[C@@H]1Oc1ccc(C(C)(C)C)cc1. The highest BCUT2D eigenvalue weighted by atomic mass is 32.2. The van der Waals surface area contributed by atoms with Gasteiger partial charge in [0.15, 0.2) is 0 Å². The Hall–Kier alpha value is -1.35. The molecule has 1 aromatic carbocycles. The molecule has 1 aliphatic carbocycles. The first-order valence-corrected chi connectivity index (χ1v) is 9.33. The largest absolute Gasteiger partial charge is 0.488 e. The Balaban J connectivity index is 1.98. The van der Waals surface area contributed by atoms with Gasteiger partial charge in [-0.3, -0.25) is 8.37 Å². The fourth-order valence-corrected chi connectivity index (χ4v) is 3.37. The molecule has 0 aromatic heterocycles. The monoisotopic (exact) mass is 350 g/mol. The van der Waals surface area contributed by atoms with E-state index in [-0.39, 0.29) is 24.2 Å². The zero-order valence-corrected chi connectivity index (χ0v) is 15.4. The Morgan fingerprint density at radius 1 is 1.17 bits per heavy atom. The molecule has 0 bridgehead atoms. The molecule has 1 saturated carbocycles. The van der Waals surface area contributed by atoms with Crippen molar-refractivity contribution in [1.82, 2.24) is 0 Å². The Kier molecular flexibility index (Phi) is 6.85. The second-order valence-corrected chi connectivity index (χ2v) is 7.86. The van der Waals surface area contributed by atoms with Crippen LogP contribution in [0.25, 0.3) is 0 Å². The van der Waals surface area contributed by atoms with Crippen LogP contribution in [0.15, 0.2) is 24.3 Å². The maximum atomic E-state index is 11.7. The van der Waals surface area contributed by atoms with E-state index in [0.29, 0.717) is 0 Å². The predicted molar refractivity (Wildman–Crippen MR) is 95.8 cm³/mol. The first-order chi connectivity index (χ1) is 11.4. The van der Waals surface area contributed by atoms with Gasteiger partial charge in [0.05, 0.1) is 0 Å². The van der Waals surface area contributed by atoms with Gasteiger partial charge in [-0.25, -0.2) is 0 Å². The smallest absolute Gasteiger partial charge is 0.305 e. The minimum absolute atomic E-state index is 0.0287. The van der Waals surface area contributed by atoms with E-state index in [1.54, 1.807) is 0 Å². The maximum absolute atomic E-state index is 11.7. The van der Waals surface area contributed by atoms with Gasteiger partial charge in [0.1, 0.15) is 24.6 Å². The molecule has 1 aliphatic rings. The summed E-state index contributed by atoms with van der Waals surface area (Å²) < 4.78 is 28.2. The molecule has 0 heterocycles. The number of terminal acetylenes is 1. The van der Waals surface area contributed by atoms with Gasteiger partial charge in [0.2, 0.25) is 0 Å². The van der Waals surface area contributed by atoms with Crippen LogP contribution < -0.4 is 4.74 Å². The molecule has 3 atom stereocenters. The van der Waals surface area contributed by atoms with E-state index in [1.165, 1.54) is 5.56 Å². The first kappa shape index (κ1) is 19.0. The lowest BCUT2D eigenvalue weighted by atomic mass is 9.87. The Morgan fingerprint density at radius 2 is 1.79 bits per heavy atom. The normalized spacial score (nSPS) is 22.6. The van der Waals surface area contributed by atoms with Gasteiger partial charge in [-0.15, -0.1) is 6.42 Å². The third-order valence-corrected chi connectivity index (χ3v) is 4.81. The molecular weight excluding hydrogens is 324 g/mol. The second-order valence-electron chi connectivity index (χ2n) is 7.02. The summed E-state index contributed by atoms with van der Waals surface area (Å²) >= 11 is -1.83. The van der Waals surface area contributed by atoms with Crippen LogP contribution in [0, 0.1) is 12.3 Å². The summed E-state index contributed by atoms with van der Waals surface area (Å²) in [4.78, 5) is 0. The molecule has 1 aromatic rings. The fraction of sp³-hybridized carbons (Fsp3) is 0.579. The highest BCUT2D eigenvalue weighted by molar-refractivity contribution is 7.75. The van der Waals surface area contributed by atoms with Crippen LogP contribution >= 0.6 is 0 Å². The first-order valence-electron chi connectivity index (χ1n) is 8.33. The molecule has 0 amide bonds. The number of benzene rings is 1. The number of hydrogen-bond donors (Lipinski definition) is 0. The van der Waals surface area contributed by atoms with E-state index >= 15 is 0 Å². The third kappa shape index (κ3) is 5.62. The second kappa shape index (κ2) is 8.66. The van der Waals surface area contributed by atoms with Crippen LogP contribution in [0.4, 0.5) is 0 Å². The van der Waals surface area contributed by atoms with Crippen LogP contribution in [0.2, 0.25) is 0 Å². The van der Waals surface area contributed by atoms with Crippen LogP contribution in [0.1, 0.15) is 52.0 Å². The minimum atomic E-state index is -1.83. The third-order valence-electron chi connectivity index (χ3n) is 4.09. The standard InChI is InChI=1S/C19H26O4S/c1-5-14-21-24(20)23-18-9-7-6-8-17(18)22-16-12-10-15(11-13-16)19(2,3)4/h1,10-13,17-18H,6-9,14H2,2-4H3/t17-,18-,24-/m0/s1. The summed E-state index contributed by atoms with van der Waals surface area (Å²) in [6.45, 7) is 6.51. The lowest BCUT2D eigenvalue weighted by Crippen LogP contribution is -2.37. The average molecular weight is 350 g/mol. The molecule has 0 N–H and O–H groups in total. The van der Waals surface area contributed by atoms with Crippen molar-refractivity contribution in [2.45, 2.75) is 64.1 Å². The molecule has 5 heteroatoms. The summed E-state index contributed by atoms with van der Waals surface area (Å²) in [5.41, 5.74) is 1.37. The minimum Gasteiger partial charge on any atom is -0.488 e. The molecule has 2 rings (SSSR count). The zero-order chi connectivity index (χ0) is 17.6. The summed E-state index contributed by atoms with van der Waals surface area (Å²) in [6, 6.07) is 8.14. The lowest BCUT2D eigenvalue weighted by Gasteiger charge is -2.30. The molecule has 24 heavy (non-hydrogen) atoms. The Labute approximate surface area is 147 Å². The molecule has 4 nitrogen and oxygen atoms in total. The van der Waals surface area contributed by atoms with Gasteiger partial charge in [0.25, 0.3) is 0 Å². The molecule has 0 spiro atoms. The lowest BCUT2D eigenvalue weighted by molar-refractivity contribution is 0.0239. The number of rotatable bonds is 6. The molecule has 0 saturated heterocycles. The summed E-state index contributed by atoms with van der Waals surface area (Å²) in [6.07, 6.45) is 8.49. The van der Waals surface area contributed by atoms with Crippen molar-refractivity contribution in [3.8, 4) is 18.1 Å². The van der Waals surface area contributed by atoms with E-state index in [2.05, 4.69) is 38.8 Å².